The van der Waals surface area contributed by atoms with E-state index in [0.29, 0.717) is 24.2 Å². The molecule has 0 fully saturated rings. The molecule has 0 aliphatic carbocycles. The van der Waals surface area contributed by atoms with Crippen molar-refractivity contribution in [3.05, 3.63) is 65.2 Å². The number of aromatic hydroxyl groups is 1. The van der Waals surface area contributed by atoms with E-state index >= 15 is 0 Å². The van der Waals surface area contributed by atoms with Crippen LogP contribution in [0.2, 0.25) is 0 Å². The number of carbonyl (C=O) groups excluding carboxylic acids is 2. The highest BCUT2D eigenvalue weighted by Crippen LogP contribution is 2.45. The van der Waals surface area contributed by atoms with Gasteiger partial charge in [-0.25, -0.2) is 4.79 Å². The minimum absolute atomic E-state index is 0.0210. The number of carbonyl (C=O) groups is 2. The summed E-state index contributed by atoms with van der Waals surface area (Å²) in [5.41, 5.74) is 1.46. The van der Waals surface area contributed by atoms with E-state index in [2.05, 4.69) is 6.58 Å². The maximum atomic E-state index is 12.6. The van der Waals surface area contributed by atoms with Crippen LogP contribution in [0.5, 0.6) is 17.2 Å². The fourth-order valence-corrected chi connectivity index (χ4v) is 2.48. The Morgan fingerprint density at radius 2 is 1.96 bits per heavy atom. The number of esters is 1. The van der Waals surface area contributed by atoms with Gasteiger partial charge in [-0.3, -0.25) is 4.79 Å². The van der Waals surface area contributed by atoms with Crippen LogP contribution in [-0.2, 0) is 11.2 Å². The second kappa shape index (κ2) is 6.20. The molecule has 24 heavy (non-hydrogen) atoms. The van der Waals surface area contributed by atoms with E-state index in [4.69, 9.17) is 9.47 Å². The fraction of sp³-hybridized carbons (Fsp3) is 0.158. The standard InChI is InChI=1S/C19H16O5/c1-11(2)19(22)24-17-13-8-9-23-18(17)16(21)14(10-13)15(20)12-6-4-3-5-7-12/h3-7,10,21H,1,8-9H2,2H3. The van der Waals surface area contributed by atoms with Crippen LogP contribution >= 0.6 is 0 Å². The Balaban J connectivity index is 2.06. The van der Waals surface area contributed by atoms with Crippen molar-refractivity contribution in [1.29, 1.82) is 0 Å². The van der Waals surface area contributed by atoms with E-state index in [-0.39, 0.29) is 34.2 Å². The van der Waals surface area contributed by atoms with Crippen LogP contribution < -0.4 is 9.47 Å². The summed E-state index contributed by atoms with van der Waals surface area (Å²) in [5, 5.41) is 10.5. The Kier molecular flexibility index (Phi) is 4.08. The molecule has 0 aromatic heterocycles. The largest absolute Gasteiger partial charge is 0.504 e. The number of ether oxygens (including phenoxy) is 2. The van der Waals surface area contributed by atoms with E-state index in [1.165, 1.54) is 6.92 Å². The van der Waals surface area contributed by atoms with Gasteiger partial charge in [-0.2, -0.15) is 0 Å². The van der Waals surface area contributed by atoms with Crippen LogP contribution in [0.3, 0.4) is 0 Å². The summed E-state index contributed by atoms with van der Waals surface area (Å²) in [6, 6.07) is 10.2. The van der Waals surface area contributed by atoms with Gasteiger partial charge in [0.05, 0.1) is 12.2 Å². The summed E-state index contributed by atoms with van der Waals surface area (Å²) in [6.45, 7) is 5.40. The molecule has 0 radical (unpaired) electrons. The Morgan fingerprint density at radius 1 is 1.25 bits per heavy atom. The first-order chi connectivity index (χ1) is 11.5. The highest BCUT2D eigenvalue weighted by Gasteiger charge is 2.28. The Bertz CT molecular complexity index is 837. The van der Waals surface area contributed by atoms with Gasteiger partial charge >= 0.3 is 5.97 Å². The van der Waals surface area contributed by atoms with E-state index < -0.39 is 5.97 Å². The van der Waals surface area contributed by atoms with Crippen molar-refractivity contribution >= 4 is 11.8 Å². The molecule has 0 spiro atoms. The fourth-order valence-electron chi connectivity index (χ4n) is 2.48. The topological polar surface area (TPSA) is 72.8 Å². The molecule has 122 valence electrons. The molecule has 0 amide bonds. The van der Waals surface area contributed by atoms with Gasteiger partial charge in [-0.1, -0.05) is 36.9 Å². The predicted octanol–water partition coefficient (Wildman–Crippen LogP) is 3.04. The smallest absolute Gasteiger partial charge is 0.338 e. The Morgan fingerprint density at radius 3 is 2.62 bits per heavy atom. The third-order valence-corrected chi connectivity index (χ3v) is 3.73. The first kappa shape index (κ1) is 15.8. The van der Waals surface area contributed by atoms with Crippen molar-refractivity contribution in [2.45, 2.75) is 13.3 Å². The molecule has 1 aliphatic rings. The van der Waals surface area contributed by atoms with Gasteiger partial charge in [0, 0.05) is 23.1 Å². The molecule has 0 saturated heterocycles. The molecule has 2 aromatic carbocycles. The Hall–Kier alpha value is -3.08. The average molecular weight is 324 g/mol. The van der Waals surface area contributed by atoms with E-state index in [1.54, 1.807) is 36.4 Å². The van der Waals surface area contributed by atoms with Crippen molar-refractivity contribution in [3.63, 3.8) is 0 Å². The number of ketones is 1. The summed E-state index contributed by atoms with van der Waals surface area (Å²) in [6.07, 6.45) is 0.473. The lowest BCUT2D eigenvalue weighted by molar-refractivity contribution is -0.130. The molecule has 0 atom stereocenters. The maximum absolute atomic E-state index is 12.6. The lowest BCUT2D eigenvalue weighted by atomic mass is 9.96. The third-order valence-electron chi connectivity index (χ3n) is 3.73. The summed E-state index contributed by atoms with van der Waals surface area (Å²) in [7, 11) is 0. The molecule has 3 rings (SSSR count). The van der Waals surface area contributed by atoms with E-state index in [1.807, 2.05) is 0 Å². The number of rotatable bonds is 4. The Labute approximate surface area is 139 Å². The molecular weight excluding hydrogens is 308 g/mol. The number of hydrogen-bond donors (Lipinski definition) is 1. The van der Waals surface area contributed by atoms with Crippen molar-refractivity contribution in [1.82, 2.24) is 0 Å². The zero-order valence-corrected chi connectivity index (χ0v) is 13.2. The summed E-state index contributed by atoms with van der Waals surface area (Å²) in [5.74, 6) is -1.08. The zero-order valence-electron chi connectivity index (χ0n) is 13.2. The molecular formula is C19H16O5. The molecule has 5 heteroatoms. The van der Waals surface area contributed by atoms with Gasteiger partial charge < -0.3 is 14.6 Å². The lowest BCUT2D eigenvalue weighted by Crippen LogP contribution is -2.18. The minimum Gasteiger partial charge on any atom is -0.504 e. The quantitative estimate of drug-likeness (QED) is 0.405. The van der Waals surface area contributed by atoms with Crippen LogP contribution in [0.15, 0.2) is 48.6 Å². The third kappa shape index (κ3) is 2.76. The molecule has 2 aromatic rings. The van der Waals surface area contributed by atoms with Crippen LogP contribution in [-0.4, -0.2) is 23.5 Å². The first-order valence-corrected chi connectivity index (χ1v) is 7.48. The number of benzene rings is 2. The second-order valence-corrected chi connectivity index (χ2v) is 5.55. The van der Waals surface area contributed by atoms with E-state index in [9.17, 15) is 14.7 Å². The first-order valence-electron chi connectivity index (χ1n) is 7.48. The SMILES string of the molecule is C=C(C)C(=O)Oc1c2cc(C(=O)c3ccccc3)c(O)c1OCC2. The van der Waals surface area contributed by atoms with Gasteiger partial charge in [0.2, 0.25) is 5.75 Å². The number of phenols is 1. The second-order valence-electron chi connectivity index (χ2n) is 5.55. The van der Waals surface area contributed by atoms with Gasteiger partial charge in [-0.05, 0) is 13.0 Å². The molecule has 5 nitrogen and oxygen atoms in total. The molecule has 2 bridgehead atoms. The van der Waals surface area contributed by atoms with Crippen molar-refractivity contribution in [2.75, 3.05) is 6.61 Å². The average Bonchev–Trinajstić information content (AvgIpc) is 2.58. The molecule has 1 N–H and O–H groups in total. The van der Waals surface area contributed by atoms with Gasteiger partial charge in [-0.15, -0.1) is 0 Å². The summed E-state index contributed by atoms with van der Waals surface area (Å²) < 4.78 is 10.7. The van der Waals surface area contributed by atoms with Crippen molar-refractivity contribution < 1.29 is 24.2 Å². The van der Waals surface area contributed by atoms with Crippen molar-refractivity contribution in [2.24, 2.45) is 0 Å². The van der Waals surface area contributed by atoms with Crippen LogP contribution in [0.1, 0.15) is 28.4 Å². The highest BCUT2D eigenvalue weighted by molar-refractivity contribution is 6.11. The minimum atomic E-state index is -0.607. The molecule has 0 unspecified atom stereocenters. The van der Waals surface area contributed by atoms with Crippen molar-refractivity contribution in [3.8, 4) is 17.2 Å². The highest BCUT2D eigenvalue weighted by atomic mass is 16.6. The van der Waals surface area contributed by atoms with Crippen LogP contribution in [0.25, 0.3) is 0 Å². The summed E-state index contributed by atoms with van der Waals surface area (Å²) in [4.78, 5) is 24.4. The van der Waals surface area contributed by atoms with Crippen LogP contribution in [0.4, 0.5) is 0 Å². The molecule has 1 heterocycles. The number of fused-ring (bicyclic) bond motifs is 2. The number of phenolic OH excluding ortho intramolecular Hbond substituents is 1. The zero-order chi connectivity index (χ0) is 17.3. The molecule has 0 saturated carbocycles. The normalized spacial score (nSPS) is 12.2. The van der Waals surface area contributed by atoms with Gasteiger partial charge in [0.25, 0.3) is 0 Å². The number of hydrogen-bond acceptors (Lipinski definition) is 5. The van der Waals surface area contributed by atoms with Gasteiger partial charge in [0.15, 0.2) is 17.3 Å². The predicted molar refractivity (Wildman–Crippen MR) is 87.6 cm³/mol. The monoisotopic (exact) mass is 324 g/mol. The molecule has 1 aliphatic heterocycles. The van der Waals surface area contributed by atoms with Gasteiger partial charge in [0.1, 0.15) is 0 Å². The maximum Gasteiger partial charge on any atom is 0.338 e. The van der Waals surface area contributed by atoms with Crippen LogP contribution in [0, 0.1) is 0 Å². The lowest BCUT2D eigenvalue weighted by Gasteiger charge is -2.23. The van der Waals surface area contributed by atoms with E-state index in [0.717, 1.165) is 0 Å². The summed E-state index contributed by atoms with van der Waals surface area (Å²) >= 11 is 0.